The van der Waals surface area contributed by atoms with Crippen LogP contribution in [-0.4, -0.2) is 31.3 Å². The summed E-state index contributed by atoms with van der Waals surface area (Å²) in [5.74, 6) is -0.350. The molecule has 0 radical (unpaired) electrons. The van der Waals surface area contributed by atoms with Gasteiger partial charge in [0.2, 0.25) is 0 Å². The Bertz CT molecular complexity index is 491. The minimum absolute atomic E-state index is 0.00755. The van der Waals surface area contributed by atoms with E-state index in [0.29, 0.717) is 12.2 Å². The average Bonchev–Trinajstić information content (AvgIpc) is 2.94. The molecule has 7 heteroatoms. The summed E-state index contributed by atoms with van der Waals surface area (Å²) in [7, 11) is 0. The van der Waals surface area contributed by atoms with Crippen molar-refractivity contribution >= 4 is 5.97 Å². The second kappa shape index (κ2) is 4.77. The SMILES string of the molecule is CCC(CC(=O)O)n1nnnc1-c1ccoc1. The van der Waals surface area contributed by atoms with E-state index in [1.165, 1.54) is 17.2 Å². The first-order valence-corrected chi connectivity index (χ1v) is 5.24. The molecule has 2 heterocycles. The van der Waals surface area contributed by atoms with E-state index in [-0.39, 0.29) is 12.5 Å². The Labute approximate surface area is 97.0 Å². The summed E-state index contributed by atoms with van der Waals surface area (Å²) in [5, 5.41) is 20.1. The summed E-state index contributed by atoms with van der Waals surface area (Å²) in [6.45, 7) is 1.90. The summed E-state index contributed by atoms with van der Waals surface area (Å²) in [6, 6.07) is 1.47. The highest BCUT2D eigenvalue weighted by Gasteiger charge is 2.20. The lowest BCUT2D eigenvalue weighted by atomic mass is 10.1. The van der Waals surface area contributed by atoms with Crippen molar-refractivity contribution in [1.29, 1.82) is 0 Å². The van der Waals surface area contributed by atoms with E-state index in [0.717, 1.165) is 5.56 Å². The molecule has 1 atom stereocenters. The molecule has 90 valence electrons. The van der Waals surface area contributed by atoms with Crippen LogP contribution in [0.2, 0.25) is 0 Å². The molecule has 17 heavy (non-hydrogen) atoms. The van der Waals surface area contributed by atoms with Gasteiger partial charge in [-0.15, -0.1) is 5.10 Å². The fourth-order valence-electron chi connectivity index (χ4n) is 1.63. The third kappa shape index (κ3) is 2.32. The van der Waals surface area contributed by atoms with E-state index in [4.69, 9.17) is 9.52 Å². The van der Waals surface area contributed by atoms with E-state index in [2.05, 4.69) is 15.5 Å². The quantitative estimate of drug-likeness (QED) is 0.842. The van der Waals surface area contributed by atoms with Gasteiger partial charge in [0.05, 0.1) is 24.3 Å². The van der Waals surface area contributed by atoms with Gasteiger partial charge in [-0.25, -0.2) is 4.68 Å². The summed E-state index contributed by atoms with van der Waals surface area (Å²) in [4.78, 5) is 10.8. The van der Waals surface area contributed by atoms with Gasteiger partial charge in [-0.3, -0.25) is 4.79 Å². The Hall–Kier alpha value is -2.18. The van der Waals surface area contributed by atoms with Crippen LogP contribution in [0.15, 0.2) is 23.0 Å². The summed E-state index contributed by atoms with van der Waals surface area (Å²) in [5.41, 5.74) is 0.735. The number of carboxylic acids is 1. The molecule has 2 aromatic heterocycles. The standard InChI is InChI=1S/C10H12N4O3/c1-2-8(5-9(15)16)14-10(11-12-13-14)7-3-4-17-6-7/h3-4,6,8H,2,5H2,1H3,(H,15,16). The van der Waals surface area contributed by atoms with Crippen LogP contribution in [0.1, 0.15) is 25.8 Å². The molecule has 2 aromatic rings. The first-order valence-electron chi connectivity index (χ1n) is 5.24. The molecular weight excluding hydrogens is 224 g/mol. The fraction of sp³-hybridized carbons (Fsp3) is 0.400. The largest absolute Gasteiger partial charge is 0.481 e. The van der Waals surface area contributed by atoms with Gasteiger partial charge < -0.3 is 9.52 Å². The molecule has 0 aliphatic carbocycles. The molecule has 0 aliphatic rings. The smallest absolute Gasteiger partial charge is 0.305 e. The van der Waals surface area contributed by atoms with E-state index in [1.807, 2.05) is 6.92 Å². The molecule has 0 aliphatic heterocycles. The van der Waals surface area contributed by atoms with Gasteiger partial charge in [-0.05, 0) is 22.9 Å². The fourth-order valence-corrected chi connectivity index (χ4v) is 1.63. The third-order valence-corrected chi connectivity index (χ3v) is 2.50. The van der Waals surface area contributed by atoms with Crippen LogP contribution in [0, 0.1) is 0 Å². The van der Waals surface area contributed by atoms with E-state index in [9.17, 15) is 4.79 Å². The van der Waals surface area contributed by atoms with Gasteiger partial charge in [0.25, 0.3) is 0 Å². The van der Waals surface area contributed by atoms with Crippen LogP contribution in [0.25, 0.3) is 11.4 Å². The molecule has 0 amide bonds. The van der Waals surface area contributed by atoms with Crippen molar-refractivity contribution in [2.24, 2.45) is 0 Å². The van der Waals surface area contributed by atoms with Crippen molar-refractivity contribution in [3.05, 3.63) is 18.6 Å². The average molecular weight is 236 g/mol. The van der Waals surface area contributed by atoms with Crippen LogP contribution in [0.3, 0.4) is 0 Å². The van der Waals surface area contributed by atoms with Crippen LogP contribution in [-0.2, 0) is 4.79 Å². The number of rotatable bonds is 5. The Balaban J connectivity index is 2.32. The number of aromatic nitrogens is 4. The zero-order valence-electron chi connectivity index (χ0n) is 9.28. The van der Waals surface area contributed by atoms with E-state index >= 15 is 0 Å². The lowest BCUT2D eigenvalue weighted by Gasteiger charge is -2.13. The maximum atomic E-state index is 10.8. The van der Waals surface area contributed by atoms with E-state index < -0.39 is 5.97 Å². The van der Waals surface area contributed by atoms with Crippen LogP contribution in [0.5, 0.6) is 0 Å². The normalized spacial score (nSPS) is 12.5. The lowest BCUT2D eigenvalue weighted by Crippen LogP contribution is -2.15. The highest BCUT2D eigenvalue weighted by Crippen LogP contribution is 2.23. The minimum atomic E-state index is -0.870. The Morgan fingerprint density at radius 1 is 1.65 bits per heavy atom. The minimum Gasteiger partial charge on any atom is -0.481 e. The maximum Gasteiger partial charge on any atom is 0.305 e. The van der Waals surface area contributed by atoms with Gasteiger partial charge >= 0.3 is 5.97 Å². The molecule has 0 bridgehead atoms. The summed E-state index contributed by atoms with van der Waals surface area (Å²) >= 11 is 0. The highest BCUT2D eigenvalue weighted by atomic mass is 16.4. The van der Waals surface area contributed by atoms with Crippen LogP contribution >= 0.6 is 0 Å². The Morgan fingerprint density at radius 3 is 3.06 bits per heavy atom. The van der Waals surface area contributed by atoms with Gasteiger partial charge in [-0.2, -0.15) is 0 Å². The van der Waals surface area contributed by atoms with Crippen molar-refractivity contribution in [2.45, 2.75) is 25.8 Å². The number of tetrazole rings is 1. The summed E-state index contributed by atoms with van der Waals surface area (Å²) < 4.78 is 6.49. The predicted molar refractivity (Wildman–Crippen MR) is 57.1 cm³/mol. The Morgan fingerprint density at radius 2 is 2.47 bits per heavy atom. The first kappa shape index (κ1) is 11.3. The maximum absolute atomic E-state index is 10.8. The van der Waals surface area contributed by atoms with Crippen molar-refractivity contribution in [3.8, 4) is 11.4 Å². The second-order valence-electron chi connectivity index (χ2n) is 3.62. The molecule has 0 aromatic carbocycles. The van der Waals surface area contributed by atoms with Gasteiger partial charge in [0.1, 0.15) is 6.26 Å². The molecule has 0 saturated carbocycles. The van der Waals surface area contributed by atoms with Crippen LogP contribution in [0.4, 0.5) is 0 Å². The van der Waals surface area contributed by atoms with Crippen molar-refractivity contribution in [1.82, 2.24) is 20.2 Å². The molecule has 7 nitrogen and oxygen atoms in total. The van der Waals surface area contributed by atoms with Gasteiger partial charge in [-0.1, -0.05) is 6.92 Å². The third-order valence-electron chi connectivity index (χ3n) is 2.50. The van der Waals surface area contributed by atoms with Crippen molar-refractivity contribution < 1.29 is 14.3 Å². The first-order chi connectivity index (χ1) is 8.22. The predicted octanol–water partition coefficient (Wildman–Crippen LogP) is 1.36. The number of furan rings is 1. The number of hydrogen-bond acceptors (Lipinski definition) is 5. The second-order valence-corrected chi connectivity index (χ2v) is 3.62. The number of nitrogens with zero attached hydrogens (tertiary/aromatic N) is 4. The highest BCUT2D eigenvalue weighted by molar-refractivity contribution is 5.67. The number of aliphatic carboxylic acids is 1. The molecule has 0 spiro atoms. The molecule has 2 rings (SSSR count). The molecule has 0 fully saturated rings. The topological polar surface area (TPSA) is 94.0 Å². The lowest BCUT2D eigenvalue weighted by molar-refractivity contribution is -0.138. The zero-order valence-corrected chi connectivity index (χ0v) is 9.28. The number of carboxylic acid groups (broad SMARTS) is 1. The van der Waals surface area contributed by atoms with Crippen molar-refractivity contribution in [3.63, 3.8) is 0 Å². The van der Waals surface area contributed by atoms with Gasteiger partial charge in [0, 0.05) is 0 Å². The molecular formula is C10H12N4O3. The van der Waals surface area contributed by atoms with Gasteiger partial charge in [0.15, 0.2) is 5.82 Å². The molecule has 1 unspecified atom stereocenters. The summed E-state index contributed by atoms with van der Waals surface area (Å²) in [6.07, 6.45) is 3.68. The van der Waals surface area contributed by atoms with Crippen LogP contribution < -0.4 is 0 Å². The Kier molecular flexibility index (Phi) is 3.17. The van der Waals surface area contributed by atoms with E-state index in [1.54, 1.807) is 6.07 Å². The zero-order chi connectivity index (χ0) is 12.3. The molecule has 0 saturated heterocycles. The number of carbonyl (C=O) groups is 1. The number of hydrogen-bond donors (Lipinski definition) is 1. The molecule has 1 N–H and O–H groups in total. The monoisotopic (exact) mass is 236 g/mol. The van der Waals surface area contributed by atoms with Crippen molar-refractivity contribution in [2.75, 3.05) is 0 Å².